The number of aryl methyl sites for hydroxylation is 1. The van der Waals surface area contributed by atoms with Crippen molar-refractivity contribution in [3.8, 4) is 17.0 Å². The number of aromatic nitrogens is 2. The molecule has 1 unspecified atom stereocenters. The molecule has 1 aliphatic rings. The highest BCUT2D eigenvalue weighted by Crippen LogP contribution is 2.26. The number of halogens is 1. The zero-order chi connectivity index (χ0) is 21.8. The molecule has 0 spiro atoms. The second-order valence-corrected chi connectivity index (χ2v) is 8.18. The van der Waals surface area contributed by atoms with E-state index >= 15 is 0 Å². The fourth-order valence-electron chi connectivity index (χ4n) is 3.77. The maximum absolute atomic E-state index is 12.9. The lowest BCUT2D eigenvalue weighted by Crippen LogP contribution is -2.41. The predicted molar refractivity (Wildman–Crippen MR) is 124 cm³/mol. The Balaban J connectivity index is 1.43. The highest BCUT2D eigenvalue weighted by atomic mass is 35.5. The lowest BCUT2D eigenvalue weighted by atomic mass is 9.97. The van der Waals surface area contributed by atoms with Gasteiger partial charge < -0.3 is 15.0 Å². The number of piperidine rings is 1. The first-order valence-electron chi connectivity index (χ1n) is 10.3. The molecule has 0 saturated carbocycles. The van der Waals surface area contributed by atoms with Crippen LogP contribution in [0.5, 0.6) is 5.75 Å². The highest BCUT2D eigenvalue weighted by molar-refractivity contribution is 6.31. The van der Waals surface area contributed by atoms with Gasteiger partial charge >= 0.3 is 0 Å². The van der Waals surface area contributed by atoms with Gasteiger partial charge in [0.15, 0.2) is 5.82 Å². The van der Waals surface area contributed by atoms with Gasteiger partial charge in [0.25, 0.3) is 0 Å². The minimum atomic E-state index is -0.116. The molecule has 1 atom stereocenters. The fourth-order valence-corrected chi connectivity index (χ4v) is 3.94. The van der Waals surface area contributed by atoms with E-state index in [0.717, 1.165) is 53.5 Å². The van der Waals surface area contributed by atoms with Crippen LogP contribution in [0.2, 0.25) is 5.02 Å². The van der Waals surface area contributed by atoms with Gasteiger partial charge in [-0.2, -0.15) is 0 Å². The van der Waals surface area contributed by atoms with Crippen LogP contribution in [-0.4, -0.2) is 36.3 Å². The maximum Gasteiger partial charge on any atom is 0.229 e. The summed E-state index contributed by atoms with van der Waals surface area (Å²) in [6, 6.07) is 17.2. The Kier molecular flexibility index (Phi) is 6.37. The second kappa shape index (κ2) is 9.35. The van der Waals surface area contributed by atoms with Gasteiger partial charge in [0.05, 0.1) is 18.7 Å². The molecule has 1 aromatic heterocycles. The predicted octanol–water partition coefficient (Wildman–Crippen LogP) is 4.97. The molecule has 0 radical (unpaired) electrons. The van der Waals surface area contributed by atoms with Crippen LogP contribution in [-0.2, 0) is 4.79 Å². The van der Waals surface area contributed by atoms with E-state index in [1.54, 1.807) is 13.2 Å². The number of rotatable bonds is 5. The van der Waals surface area contributed by atoms with Crippen molar-refractivity contribution in [1.82, 2.24) is 10.2 Å². The quantitative estimate of drug-likeness (QED) is 0.611. The van der Waals surface area contributed by atoms with Gasteiger partial charge in [0.2, 0.25) is 5.91 Å². The number of benzene rings is 2. The first-order chi connectivity index (χ1) is 15.0. The summed E-state index contributed by atoms with van der Waals surface area (Å²) in [7, 11) is 1.64. The van der Waals surface area contributed by atoms with E-state index in [9.17, 15) is 4.79 Å². The lowest BCUT2D eigenvalue weighted by molar-refractivity contribution is -0.120. The van der Waals surface area contributed by atoms with Crippen LogP contribution in [0.1, 0.15) is 18.4 Å². The summed E-state index contributed by atoms with van der Waals surface area (Å²) in [5, 5.41) is 12.5. The summed E-state index contributed by atoms with van der Waals surface area (Å²) in [4.78, 5) is 15.0. The molecule has 6 nitrogen and oxygen atoms in total. The van der Waals surface area contributed by atoms with Crippen LogP contribution in [0, 0.1) is 12.8 Å². The minimum Gasteiger partial charge on any atom is -0.497 e. The van der Waals surface area contributed by atoms with E-state index in [4.69, 9.17) is 16.3 Å². The third-order valence-electron chi connectivity index (χ3n) is 5.61. The molecule has 0 aliphatic carbocycles. The molecule has 31 heavy (non-hydrogen) atoms. The number of nitrogens with zero attached hydrogens (tertiary/aromatic N) is 3. The number of nitrogens with one attached hydrogen (secondary N) is 1. The van der Waals surface area contributed by atoms with Gasteiger partial charge in [0, 0.05) is 29.4 Å². The molecule has 160 valence electrons. The van der Waals surface area contributed by atoms with E-state index in [0.29, 0.717) is 11.6 Å². The van der Waals surface area contributed by atoms with Gasteiger partial charge in [-0.25, -0.2) is 0 Å². The molecule has 1 N–H and O–H groups in total. The molecule has 2 heterocycles. The zero-order valence-corrected chi connectivity index (χ0v) is 18.4. The van der Waals surface area contributed by atoms with Crippen LogP contribution in [0.25, 0.3) is 11.3 Å². The molecule has 1 saturated heterocycles. The standard InChI is InChI=1S/C24H25ClN4O2/c1-16-5-8-19(25)14-22(16)26-24(30)18-4-3-13-29(15-18)23-12-11-21(27-28-23)17-6-9-20(31-2)10-7-17/h5-12,14,18H,3-4,13,15H2,1-2H3,(H,26,30). The first-order valence-corrected chi connectivity index (χ1v) is 10.7. The van der Waals surface area contributed by atoms with E-state index in [1.165, 1.54) is 0 Å². The Morgan fingerprint density at radius 2 is 1.94 bits per heavy atom. The normalized spacial score (nSPS) is 16.1. The third kappa shape index (κ3) is 4.97. The summed E-state index contributed by atoms with van der Waals surface area (Å²) in [5.74, 6) is 1.49. The monoisotopic (exact) mass is 436 g/mol. The van der Waals surface area contributed by atoms with Crippen molar-refractivity contribution in [2.24, 2.45) is 5.92 Å². The van der Waals surface area contributed by atoms with Crippen molar-refractivity contribution in [3.05, 3.63) is 65.2 Å². The van der Waals surface area contributed by atoms with Gasteiger partial charge in [-0.05, 0) is 73.9 Å². The topological polar surface area (TPSA) is 67.3 Å². The third-order valence-corrected chi connectivity index (χ3v) is 5.85. The Hall–Kier alpha value is -3.12. The van der Waals surface area contributed by atoms with E-state index in [1.807, 2.05) is 55.5 Å². The molecule has 1 amide bonds. The number of hydrogen-bond acceptors (Lipinski definition) is 5. The molecule has 2 aromatic carbocycles. The summed E-state index contributed by atoms with van der Waals surface area (Å²) in [6.45, 7) is 3.43. The van der Waals surface area contributed by atoms with E-state index in [-0.39, 0.29) is 11.8 Å². The van der Waals surface area contributed by atoms with Crippen LogP contribution in [0.15, 0.2) is 54.6 Å². The lowest BCUT2D eigenvalue weighted by Gasteiger charge is -2.32. The van der Waals surface area contributed by atoms with E-state index in [2.05, 4.69) is 20.4 Å². The molecule has 0 bridgehead atoms. The second-order valence-electron chi connectivity index (χ2n) is 7.74. The molecule has 4 rings (SSSR count). The summed E-state index contributed by atoms with van der Waals surface area (Å²) in [6.07, 6.45) is 1.77. The molecule has 7 heteroatoms. The Labute approximate surface area is 187 Å². The smallest absolute Gasteiger partial charge is 0.229 e. The van der Waals surface area contributed by atoms with Gasteiger partial charge in [-0.3, -0.25) is 4.79 Å². The Morgan fingerprint density at radius 1 is 1.13 bits per heavy atom. The van der Waals surface area contributed by atoms with Crippen LogP contribution >= 0.6 is 11.6 Å². The maximum atomic E-state index is 12.9. The Bertz CT molecular complexity index is 1050. The molecule has 1 aliphatic heterocycles. The number of methoxy groups -OCH3 is 1. The molecule has 1 fully saturated rings. The molecular weight excluding hydrogens is 412 g/mol. The summed E-state index contributed by atoms with van der Waals surface area (Å²) < 4.78 is 5.20. The zero-order valence-electron chi connectivity index (χ0n) is 17.6. The summed E-state index contributed by atoms with van der Waals surface area (Å²) in [5.41, 5.74) is 3.53. The van der Waals surface area contributed by atoms with Crippen molar-refractivity contribution >= 4 is 29.0 Å². The number of hydrogen-bond donors (Lipinski definition) is 1. The van der Waals surface area contributed by atoms with Crippen LogP contribution in [0.3, 0.4) is 0 Å². The van der Waals surface area contributed by atoms with Crippen LogP contribution < -0.4 is 15.0 Å². The number of carbonyl (C=O) groups excluding carboxylic acids is 1. The van der Waals surface area contributed by atoms with Crippen molar-refractivity contribution < 1.29 is 9.53 Å². The van der Waals surface area contributed by atoms with Crippen molar-refractivity contribution in [1.29, 1.82) is 0 Å². The van der Waals surface area contributed by atoms with Gasteiger partial charge in [-0.15, -0.1) is 10.2 Å². The first kappa shape index (κ1) is 21.1. The van der Waals surface area contributed by atoms with Crippen molar-refractivity contribution in [3.63, 3.8) is 0 Å². The van der Waals surface area contributed by atoms with Crippen molar-refractivity contribution in [2.75, 3.05) is 30.4 Å². The largest absolute Gasteiger partial charge is 0.497 e. The van der Waals surface area contributed by atoms with Gasteiger partial charge in [-0.1, -0.05) is 17.7 Å². The number of amides is 1. The number of carbonyl (C=O) groups is 1. The molecular formula is C24H25ClN4O2. The molecule has 3 aromatic rings. The van der Waals surface area contributed by atoms with Crippen molar-refractivity contribution in [2.45, 2.75) is 19.8 Å². The Morgan fingerprint density at radius 3 is 2.65 bits per heavy atom. The SMILES string of the molecule is COc1ccc(-c2ccc(N3CCCC(C(=O)Nc4cc(Cl)ccc4C)C3)nn2)cc1. The average molecular weight is 437 g/mol. The highest BCUT2D eigenvalue weighted by Gasteiger charge is 2.27. The fraction of sp³-hybridized carbons (Fsp3) is 0.292. The average Bonchev–Trinajstić information content (AvgIpc) is 2.81. The van der Waals surface area contributed by atoms with Crippen LogP contribution in [0.4, 0.5) is 11.5 Å². The number of anilines is 2. The summed E-state index contributed by atoms with van der Waals surface area (Å²) >= 11 is 6.08. The number of ether oxygens (including phenoxy) is 1. The van der Waals surface area contributed by atoms with E-state index < -0.39 is 0 Å². The minimum absolute atomic E-state index is 0.0119. The van der Waals surface area contributed by atoms with Gasteiger partial charge in [0.1, 0.15) is 5.75 Å².